The average molecular weight is 363 g/mol. The lowest BCUT2D eigenvalue weighted by Gasteiger charge is -2.19. The lowest BCUT2D eigenvalue weighted by atomic mass is 10.0. The van der Waals surface area contributed by atoms with Crippen LogP contribution in [0.25, 0.3) is 0 Å². The highest BCUT2D eigenvalue weighted by atomic mass is 32.2. The molecule has 0 N–H and O–H groups in total. The standard InChI is InChI=1S/C21H21N3OS/c1-3-25-19-11-10-15(12-16(19)13-22)21-24(2)23-20(26-21)18-9-5-7-14-6-4-8-17(14)18/h5,7,9-12,21H,3-4,6,8H2,1-2H3. The summed E-state index contributed by atoms with van der Waals surface area (Å²) in [6, 6.07) is 14.7. The number of rotatable bonds is 4. The van der Waals surface area contributed by atoms with Crippen molar-refractivity contribution in [3.05, 3.63) is 64.2 Å². The third kappa shape index (κ3) is 2.95. The van der Waals surface area contributed by atoms with Crippen LogP contribution in [0.1, 0.15) is 46.5 Å². The van der Waals surface area contributed by atoms with Crippen molar-refractivity contribution in [3.63, 3.8) is 0 Å². The summed E-state index contributed by atoms with van der Waals surface area (Å²) in [7, 11) is 2.00. The summed E-state index contributed by atoms with van der Waals surface area (Å²) in [5.74, 6) is 0.645. The van der Waals surface area contributed by atoms with Gasteiger partial charge in [0.2, 0.25) is 0 Å². The zero-order valence-corrected chi connectivity index (χ0v) is 15.8. The van der Waals surface area contributed by atoms with Gasteiger partial charge < -0.3 is 4.74 Å². The quantitative estimate of drug-likeness (QED) is 0.803. The molecule has 2 aromatic carbocycles. The van der Waals surface area contributed by atoms with Crippen molar-refractivity contribution >= 4 is 16.8 Å². The molecule has 1 heterocycles. The summed E-state index contributed by atoms with van der Waals surface area (Å²) in [5.41, 5.74) is 5.84. The average Bonchev–Trinajstić information content (AvgIpc) is 3.28. The van der Waals surface area contributed by atoms with Crippen molar-refractivity contribution < 1.29 is 4.74 Å². The minimum absolute atomic E-state index is 0.0741. The lowest BCUT2D eigenvalue weighted by Crippen LogP contribution is -2.11. The maximum Gasteiger partial charge on any atom is 0.137 e. The normalized spacial score (nSPS) is 18.4. The summed E-state index contributed by atoms with van der Waals surface area (Å²) in [6.07, 6.45) is 3.54. The topological polar surface area (TPSA) is 48.6 Å². The molecule has 4 nitrogen and oxygen atoms in total. The van der Waals surface area contributed by atoms with Gasteiger partial charge in [0.1, 0.15) is 22.2 Å². The zero-order valence-electron chi connectivity index (χ0n) is 15.0. The molecular weight excluding hydrogens is 342 g/mol. The second-order valence-corrected chi connectivity index (χ2v) is 7.62. The van der Waals surface area contributed by atoms with Crippen molar-refractivity contribution in [1.29, 1.82) is 5.26 Å². The predicted octanol–water partition coefficient (Wildman–Crippen LogP) is 4.48. The first kappa shape index (κ1) is 17.0. The third-order valence-corrected chi connectivity index (χ3v) is 6.22. The van der Waals surface area contributed by atoms with E-state index in [0.717, 1.165) is 17.0 Å². The van der Waals surface area contributed by atoms with Gasteiger partial charge in [0.25, 0.3) is 0 Å². The predicted molar refractivity (Wildman–Crippen MR) is 105 cm³/mol. The number of aryl methyl sites for hydroxylation is 1. The number of ether oxygens (including phenoxy) is 1. The fourth-order valence-electron chi connectivity index (χ4n) is 3.69. The minimum atomic E-state index is 0.0741. The number of benzene rings is 2. The van der Waals surface area contributed by atoms with Gasteiger partial charge in [0.15, 0.2) is 0 Å². The van der Waals surface area contributed by atoms with E-state index in [1.54, 1.807) is 11.8 Å². The van der Waals surface area contributed by atoms with Crippen LogP contribution in [0.2, 0.25) is 0 Å². The van der Waals surface area contributed by atoms with E-state index in [9.17, 15) is 5.26 Å². The van der Waals surface area contributed by atoms with Gasteiger partial charge in [-0.2, -0.15) is 10.4 Å². The highest BCUT2D eigenvalue weighted by Crippen LogP contribution is 2.42. The van der Waals surface area contributed by atoms with E-state index in [-0.39, 0.29) is 5.37 Å². The molecule has 1 aliphatic carbocycles. The van der Waals surface area contributed by atoms with Gasteiger partial charge in [-0.15, -0.1) is 0 Å². The van der Waals surface area contributed by atoms with Gasteiger partial charge in [-0.05, 0) is 55.0 Å². The molecule has 0 saturated carbocycles. The first-order valence-electron chi connectivity index (χ1n) is 8.97. The van der Waals surface area contributed by atoms with Crippen LogP contribution in [0, 0.1) is 11.3 Å². The Kier molecular flexibility index (Phi) is 4.60. The zero-order chi connectivity index (χ0) is 18.1. The van der Waals surface area contributed by atoms with Crippen LogP contribution in [-0.2, 0) is 12.8 Å². The van der Waals surface area contributed by atoms with E-state index in [0.29, 0.717) is 17.9 Å². The van der Waals surface area contributed by atoms with Crippen molar-refractivity contribution in [2.24, 2.45) is 5.10 Å². The van der Waals surface area contributed by atoms with E-state index in [1.165, 1.54) is 29.5 Å². The first-order valence-corrected chi connectivity index (χ1v) is 9.85. The first-order chi connectivity index (χ1) is 12.7. The van der Waals surface area contributed by atoms with Gasteiger partial charge in [0.05, 0.1) is 12.2 Å². The molecule has 0 spiro atoms. The number of fused-ring (bicyclic) bond motifs is 1. The van der Waals surface area contributed by atoms with Crippen LogP contribution >= 0.6 is 11.8 Å². The maximum atomic E-state index is 9.43. The molecule has 0 fully saturated rings. The molecule has 1 atom stereocenters. The van der Waals surface area contributed by atoms with E-state index in [4.69, 9.17) is 9.84 Å². The smallest absolute Gasteiger partial charge is 0.137 e. The molecule has 132 valence electrons. The molecule has 1 aliphatic heterocycles. The number of thioether (sulfide) groups is 1. The van der Waals surface area contributed by atoms with Crippen molar-refractivity contribution in [2.75, 3.05) is 13.7 Å². The summed E-state index contributed by atoms with van der Waals surface area (Å²) in [4.78, 5) is 0. The Morgan fingerprint density at radius 2 is 2.19 bits per heavy atom. The number of hydrazone groups is 1. The second kappa shape index (κ2) is 7.05. The third-order valence-electron chi connectivity index (χ3n) is 4.90. The van der Waals surface area contributed by atoms with E-state index < -0.39 is 0 Å². The van der Waals surface area contributed by atoms with Crippen molar-refractivity contribution in [2.45, 2.75) is 31.6 Å². The van der Waals surface area contributed by atoms with Crippen molar-refractivity contribution in [3.8, 4) is 11.8 Å². The SMILES string of the molecule is CCOc1ccc(C2SC(c3cccc4c3CCC4)=NN2C)cc1C#N. The number of hydrogen-bond acceptors (Lipinski definition) is 5. The molecule has 0 bridgehead atoms. The van der Waals surface area contributed by atoms with E-state index in [1.807, 2.05) is 37.2 Å². The Morgan fingerprint density at radius 3 is 3.00 bits per heavy atom. The van der Waals surface area contributed by atoms with Gasteiger partial charge in [-0.25, -0.2) is 0 Å². The molecule has 2 aromatic rings. The van der Waals surface area contributed by atoms with Crippen LogP contribution in [0.3, 0.4) is 0 Å². The molecule has 26 heavy (non-hydrogen) atoms. The number of hydrogen-bond donors (Lipinski definition) is 0. The van der Waals surface area contributed by atoms with Gasteiger partial charge in [-0.3, -0.25) is 5.01 Å². The lowest BCUT2D eigenvalue weighted by molar-refractivity contribution is 0.336. The van der Waals surface area contributed by atoms with Crippen LogP contribution in [-0.4, -0.2) is 23.7 Å². The molecule has 2 aliphatic rings. The molecule has 0 saturated heterocycles. The Morgan fingerprint density at radius 1 is 1.31 bits per heavy atom. The fraction of sp³-hybridized carbons (Fsp3) is 0.333. The van der Waals surface area contributed by atoms with Crippen LogP contribution in [0.15, 0.2) is 41.5 Å². The fourth-order valence-corrected chi connectivity index (χ4v) is 4.88. The van der Waals surface area contributed by atoms with Crippen LogP contribution < -0.4 is 4.74 Å². The second-order valence-electron chi connectivity index (χ2n) is 6.55. The molecule has 4 rings (SSSR count). The summed E-state index contributed by atoms with van der Waals surface area (Å²) in [6.45, 7) is 2.48. The monoisotopic (exact) mass is 363 g/mol. The molecule has 1 unspecified atom stereocenters. The van der Waals surface area contributed by atoms with Crippen LogP contribution in [0.5, 0.6) is 5.75 Å². The van der Waals surface area contributed by atoms with Crippen LogP contribution in [0.4, 0.5) is 0 Å². The molecule has 0 amide bonds. The highest BCUT2D eigenvalue weighted by molar-refractivity contribution is 8.14. The van der Waals surface area contributed by atoms with E-state index in [2.05, 4.69) is 24.3 Å². The Hall–Kier alpha value is -2.45. The number of nitrogens with zero attached hydrogens (tertiary/aromatic N) is 3. The molecule has 0 aromatic heterocycles. The van der Waals surface area contributed by atoms with E-state index >= 15 is 0 Å². The van der Waals surface area contributed by atoms with Crippen molar-refractivity contribution in [1.82, 2.24) is 5.01 Å². The summed E-state index contributed by atoms with van der Waals surface area (Å²) in [5, 5.41) is 17.4. The molecular formula is C21H21N3OS. The Bertz CT molecular complexity index is 916. The Labute approximate surface area is 158 Å². The highest BCUT2D eigenvalue weighted by Gasteiger charge is 2.30. The molecule has 0 radical (unpaired) electrons. The Balaban J connectivity index is 1.62. The maximum absolute atomic E-state index is 9.43. The largest absolute Gasteiger partial charge is 0.492 e. The van der Waals surface area contributed by atoms with Gasteiger partial charge in [-0.1, -0.05) is 36.0 Å². The summed E-state index contributed by atoms with van der Waals surface area (Å²) >= 11 is 1.76. The summed E-state index contributed by atoms with van der Waals surface area (Å²) < 4.78 is 5.54. The van der Waals surface area contributed by atoms with Gasteiger partial charge in [0, 0.05) is 12.6 Å². The minimum Gasteiger partial charge on any atom is -0.492 e. The number of nitriles is 1. The molecule has 5 heteroatoms. The van der Waals surface area contributed by atoms with Gasteiger partial charge >= 0.3 is 0 Å².